The first kappa shape index (κ1) is 21.8. The Labute approximate surface area is 185 Å². The number of rotatable bonds is 6. The smallest absolute Gasteiger partial charge is 0.307 e. The molecule has 0 atom stereocenters. The number of aliphatic carboxylic acids is 1. The molecule has 0 saturated carbocycles. The molecule has 0 radical (unpaired) electrons. The summed E-state index contributed by atoms with van der Waals surface area (Å²) in [5, 5.41) is 11.1. The van der Waals surface area contributed by atoms with Crippen LogP contribution in [0.3, 0.4) is 0 Å². The average molecular weight is 452 g/mol. The molecule has 6 nitrogen and oxygen atoms in total. The van der Waals surface area contributed by atoms with Crippen molar-refractivity contribution in [3.05, 3.63) is 89.3 Å². The standard InChI is InChI=1S/C24H15F3N2O4/c25-16-2-1-3-18(23(16)27)28-21(30)9-6-13-4-7-15(17(26)10-13)24-29-19-11-14(12-22(31)32)5-8-20(19)33-24/h1-11H,12H2,(H,28,30)(H,31,32)/b9-6+. The van der Waals surface area contributed by atoms with Crippen molar-refractivity contribution in [1.29, 1.82) is 0 Å². The van der Waals surface area contributed by atoms with Gasteiger partial charge in [-0.05, 0) is 53.6 Å². The Bertz CT molecular complexity index is 1410. The number of carboxylic acid groups (broad SMARTS) is 1. The number of carbonyl (C=O) groups is 2. The summed E-state index contributed by atoms with van der Waals surface area (Å²) in [6, 6.07) is 12.2. The predicted octanol–water partition coefficient (Wildman–Crippen LogP) is 5.19. The van der Waals surface area contributed by atoms with Crippen molar-refractivity contribution < 1.29 is 32.3 Å². The van der Waals surface area contributed by atoms with Crippen molar-refractivity contribution in [2.24, 2.45) is 0 Å². The number of oxazole rings is 1. The van der Waals surface area contributed by atoms with E-state index in [1.807, 2.05) is 0 Å². The molecule has 3 aromatic carbocycles. The van der Waals surface area contributed by atoms with Gasteiger partial charge in [0.1, 0.15) is 11.3 Å². The van der Waals surface area contributed by atoms with Crippen molar-refractivity contribution in [2.75, 3.05) is 5.32 Å². The second kappa shape index (κ2) is 8.99. The Morgan fingerprint density at radius 2 is 1.85 bits per heavy atom. The monoisotopic (exact) mass is 452 g/mol. The topological polar surface area (TPSA) is 92.4 Å². The minimum absolute atomic E-state index is 0.0184. The van der Waals surface area contributed by atoms with Crippen molar-refractivity contribution in [3.8, 4) is 11.5 Å². The summed E-state index contributed by atoms with van der Waals surface area (Å²) in [6.07, 6.45) is 2.19. The Balaban J connectivity index is 1.51. The number of fused-ring (bicyclic) bond motifs is 1. The molecule has 0 aliphatic rings. The fraction of sp³-hybridized carbons (Fsp3) is 0.0417. The van der Waals surface area contributed by atoms with Crippen LogP contribution >= 0.6 is 0 Å². The van der Waals surface area contributed by atoms with Gasteiger partial charge in [0.2, 0.25) is 11.8 Å². The second-order valence-corrected chi connectivity index (χ2v) is 7.05. The highest BCUT2D eigenvalue weighted by molar-refractivity contribution is 6.02. The number of carboxylic acids is 1. The van der Waals surface area contributed by atoms with E-state index in [0.29, 0.717) is 22.2 Å². The molecule has 1 amide bonds. The lowest BCUT2D eigenvalue weighted by Crippen LogP contribution is -2.09. The van der Waals surface area contributed by atoms with E-state index < -0.39 is 29.3 Å². The van der Waals surface area contributed by atoms with Crippen molar-refractivity contribution in [2.45, 2.75) is 6.42 Å². The van der Waals surface area contributed by atoms with Crippen LogP contribution in [-0.4, -0.2) is 22.0 Å². The van der Waals surface area contributed by atoms with Gasteiger partial charge in [-0.25, -0.2) is 18.2 Å². The molecule has 0 bridgehead atoms. The van der Waals surface area contributed by atoms with Crippen molar-refractivity contribution in [3.63, 3.8) is 0 Å². The number of amides is 1. The largest absolute Gasteiger partial charge is 0.481 e. The summed E-state index contributed by atoms with van der Waals surface area (Å²) in [5.41, 5.74) is 1.42. The third-order valence-electron chi connectivity index (χ3n) is 4.67. The highest BCUT2D eigenvalue weighted by atomic mass is 19.2. The zero-order chi connectivity index (χ0) is 23.5. The quantitative estimate of drug-likeness (QED) is 0.393. The minimum Gasteiger partial charge on any atom is -0.481 e. The summed E-state index contributed by atoms with van der Waals surface area (Å²) in [4.78, 5) is 27.1. The lowest BCUT2D eigenvalue weighted by Gasteiger charge is -2.04. The van der Waals surface area contributed by atoms with Crippen LogP contribution in [0.2, 0.25) is 0 Å². The van der Waals surface area contributed by atoms with Crippen LogP contribution < -0.4 is 5.32 Å². The van der Waals surface area contributed by atoms with Crippen LogP contribution in [0.4, 0.5) is 18.9 Å². The summed E-state index contributed by atoms with van der Waals surface area (Å²) >= 11 is 0. The van der Waals surface area contributed by atoms with Gasteiger partial charge in [0.05, 0.1) is 17.7 Å². The van der Waals surface area contributed by atoms with Crippen LogP contribution in [0.1, 0.15) is 11.1 Å². The molecule has 0 spiro atoms. The second-order valence-electron chi connectivity index (χ2n) is 7.05. The summed E-state index contributed by atoms with van der Waals surface area (Å²) < 4.78 is 47.1. The fourth-order valence-corrected chi connectivity index (χ4v) is 3.13. The Morgan fingerprint density at radius 3 is 2.61 bits per heavy atom. The third kappa shape index (κ3) is 4.93. The third-order valence-corrected chi connectivity index (χ3v) is 4.67. The first-order valence-corrected chi connectivity index (χ1v) is 9.64. The molecule has 1 aromatic heterocycles. The van der Waals surface area contributed by atoms with Crippen molar-refractivity contribution in [1.82, 2.24) is 4.98 Å². The average Bonchev–Trinajstić information content (AvgIpc) is 3.18. The molecule has 4 aromatic rings. The normalized spacial score (nSPS) is 11.2. The molecule has 9 heteroatoms. The molecule has 0 aliphatic carbocycles. The van der Waals surface area contributed by atoms with Gasteiger partial charge in [-0.1, -0.05) is 18.2 Å². The van der Waals surface area contributed by atoms with E-state index >= 15 is 0 Å². The number of carbonyl (C=O) groups excluding carboxylic acids is 1. The highest BCUT2D eigenvalue weighted by Gasteiger charge is 2.14. The first-order chi connectivity index (χ1) is 15.8. The van der Waals surface area contributed by atoms with E-state index in [1.165, 1.54) is 30.3 Å². The van der Waals surface area contributed by atoms with Crippen LogP contribution in [0.15, 0.2) is 65.1 Å². The number of halogens is 3. The molecule has 0 saturated heterocycles. The molecule has 4 rings (SSSR count). The fourth-order valence-electron chi connectivity index (χ4n) is 3.13. The van der Waals surface area contributed by atoms with Gasteiger partial charge in [0.15, 0.2) is 17.2 Å². The summed E-state index contributed by atoms with van der Waals surface area (Å²) in [6.45, 7) is 0. The van der Waals surface area contributed by atoms with Gasteiger partial charge < -0.3 is 14.8 Å². The van der Waals surface area contributed by atoms with E-state index in [0.717, 1.165) is 18.2 Å². The zero-order valence-electron chi connectivity index (χ0n) is 16.8. The van der Waals surface area contributed by atoms with E-state index in [2.05, 4.69) is 10.3 Å². The molecular weight excluding hydrogens is 437 g/mol. The minimum atomic E-state index is -1.18. The van der Waals surface area contributed by atoms with E-state index in [4.69, 9.17) is 9.52 Å². The SMILES string of the molecule is O=C(O)Cc1ccc2oc(-c3ccc(/C=C/C(=O)Nc4cccc(F)c4F)cc3F)nc2c1. The van der Waals surface area contributed by atoms with Gasteiger partial charge in [-0.2, -0.15) is 0 Å². The highest BCUT2D eigenvalue weighted by Crippen LogP contribution is 2.28. The Kier molecular flexibility index (Phi) is 5.95. The molecule has 33 heavy (non-hydrogen) atoms. The Hall–Kier alpha value is -4.40. The lowest BCUT2D eigenvalue weighted by molar-refractivity contribution is -0.136. The molecule has 1 heterocycles. The number of nitrogens with zero attached hydrogens (tertiary/aromatic N) is 1. The maximum atomic E-state index is 14.7. The van der Waals surface area contributed by atoms with E-state index in [9.17, 15) is 22.8 Å². The van der Waals surface area contributed by atoms with Crippen LogP contribution in [-0.2, 0) is 16.0 Å². The Morgan fingerprint density at radius 1 is 1.03 bits per heavy atom. The van der Waals surface area contributed by atoms with E-state index in [1.54, 1.807) is 18.2 Å². The van der Waals surface area contributed by atoms with Gasteiger partial charge in [-0.3, -0.25) is 9.59 Å². The number of anilines is 1. The summed E-state index contributed by atoms with van der Waals surface area (Å²) in [7, 11) is 0. The molecule has 2 N–H and O–H groups in total. The number of hydrogen-bond acceptors (Lipinski definition) is 4. The number of aromatic nitrogens is 1. The van der Waals surface area contributed by atoms with Crippen LogP contribution in [0, 0.1) is 17.5 Å². The van der Waals surface area contributed by atoms with Crippen LogP contribution in [0.25, 0.3) is 28.6 Å². The molecule has 166 valence electrons. The molecule has 0 aliphatic heterocycles. The number of nitrogens with one attached hydrogen (secondary N) is 1. The number of benzene rings is 3. The lowest BCUT2D eigenvalue weighted by atomic mass is 10.1. The van der Waals surface area contributed by atoms with Crippen LogP contribution in [0.5, 0.6) is 0 Å². The van der Waals surface area contributed by atoms with Gasteiger partial charge >= 0.3 is 5.97 Å². The molecule has 0 fully saturated rings. The maximum Gasteiger partial charge on any atom is 0.307 e. The van der Waals surface area contributed by atoms with Crippen molar-refractivity contribution >= 4 is 34.7 Å². The number of hydrogen-bond donors (Lipinski definition) is 2. The molecule has 0 unspecified atom stereocenters. The van der Waals surface area contributed by atoms with Gasteiger partial charge in [-0.15, -0.1) is 0 Å². The summed E-state index contributed by atoms with van der Waals surface area (Å²) in [5.74, 6) is -4.62. The zero-order valence-corrected chi connectivity index (χ0v) is 16.8. The van der Waals surface area contributed by atoms with E-state index in [-0.39, 0.29) is 23.6 Å². The predicted molar refractivity (Wildman–Crippen MR) is 115 cm³/mol. The first-order valence-electron chi connectivity index (χ1n) is 9.64. The van der Waals surface area contributed by atoms with Gasteiger partial charge in [0.25, 0.3) is 0 Å². The maximum absolute atomic E-state index is 14.7. The van der Waals surface area contributed by atoms with Gasteiger partial charge in [0, 0.05) is 6.08 Å². The molecular formula is C24H15F3N2O4.